The number of piperidine rings is 2. The summed E-state index contributed by atoms with van der Waals surface area (Å²) in [5.41, 5.74) is 2.49. The van der Waals surface area contributed by atoms with Gasteiger partial charge in [-0.2, -0.15) is 0 Å². The summed E-state index contributed by atoms with van der Waals surface area (Å²) < 4.78 is 41.8. The number of rotatable bonds is 9. The maximum absolute atomic E-state index is 14.4. The normalized spacial score (nSPS) is 40.3. The first-order valence-corrected chi connectivity index (χ1v) is 46.6. The summed E-state index contributed by atoms with van der Waals surface area (Å²) in [6.07, 6.45) is 22.6. The number of methoxy groups -OCH3 is 3. The lowest BCUT2D eigenvalue weighted by Gasteiger charge is -2.44. The first-order valence-electron chi connectivity index (χ1n) is 46.6. The van der Waals surface area contributed by atoms with Gasteiger partial charge in [0.2, 0.25) is 11.7 Å². The number of aliphatic hydroxyl groups is 8. The van der Waals surface area contributed by atoms with Crippen LogP contribution in [0.1, 0.15) is 264 Å². The van der Waals surface area contributed by atoms with E-state index in [2.05, 4.69) is 0 Å². The number of nitrogens with zero attached hydrogens (tertiary/aromatic N) is 2. The van der Waals surface area contributed by atoms with E-state index in [1.807, 2.05) is 123 Å². The molecule has 2 amide bonds. The van der Waals surface area contributed by atoms with Crippen LogP contribution in [0.4, 0.5) is 0 Å². The van der Waals surface area contributed by atoms with E-state index in [-0.39, 0.29) is 122 Å². The van der Waals surface area contributed by atoms with E-state index >= 15 is 0 Å². The summed E-state index contributed by atoms with van der Waals surface area (Å²) in [5.74, 6) is -12.6. The number of cyclic esters (lactones) is 2. The molecule has 26 heteroatoms. The van der Waals surface area contributed by atoms with Crippen molar-refractivity contribution in [1.82, 2.24) is 9.80 Å². The van der Waals surface area contributed by atoms with Crippen molar-refractivity contribution < 1.29 is 117 Å². The minimum absolute atomic E-state index is 0.0193. The smallest absolute Gasteiger partial charge is 0.329 e. The first kappa shape index (κ1) is 106. The predicted molar refractivity (Wildman–Crippen MR) is 474 cm³/mol. The average molecular weight is 1760 g/mol. The second-order valence-corrected chi connectivity index (χ2v) is 38.5. The molecule has 4 unspecified atom stereocenters. The van der Waals surface area contributed by atoms with Gasteiger partial charge in [0, 0.05) is 102 Å². The van der Waals surface area contributed by atoms with Crippen LogP contribution in [-0.4, -0.2) is 241 Å². The number of carbonyl (C=O) groups excluding carboxylic acids is 9. The van der Waals surface area contributed by atoms with Crippen molar-refractivity contribution in [3.63, 3.8) is 0 Å². The van der Waals surface area contributed by atoms with Gasteiger partial charge in [-0.15, -0.1) is 0 Å². The molecule has 26 nitrogen and oxygen atoms in total. The van der Waals surface area contributed by atoms with E-state index in [0.717, 1.165) is 12.0 Å². The van der Waals surface area contributed by atoms with E-state index in [0.29, 0.717) is 145 Å². The summed E-state index contributed by atoms with van der Waals surface area (Å²) in [5, 5.41) is 88.3. The third kappa shape index (κ3) is 30.6. The molecule has 8 N–H and O–H groups in total. The van der Waals surface area contributed by atoms with Crippen LogP contribution >= 0.6 is 0 Å². The van der Waals surface area contributed by atoms with Crippen LogP contribution < -0.4 is 0 Å². The number of hydrogen-bond acceptors (Lipinski definition) is 24. The summed E-state index contributed by atoms with van der Waals surface area (Å²) >= 11 is 0. The van der Waals surface area contributed by atoms with Gasteiger partial charge in [0.1, 0.15) is 53.8 Å². The zero-order valence-electron chi connectivity index (χ0n) is 77.8. The molecule has 8 rings (SSSR count). The fourth-order valence-electron chi connectivity index (χ4n) is 19.5. The van der Waals surface area contributed by atoms with Crippen LogP contribution in [0.3, 0.4) is 0 Å². The minimum Gasteiger partial charge on any atom is -0.460 e. The maximum atomic E-state index is 14.4. The summed E-state index contributed by atoms with van der Waals surface area (Å²) in [7, 11) is 4.52. The Balaban J connectivity index is 0.000000344. The molecule has 4 bridgehead atoms. The number of esters is 2. The molecule has 0 radical (unpaired) electrons. The van der Waals surface area contributed by atoms with Crippen LogP contribution in [0, 0.1) is 71.0 Å². The summed E-state index contributed by atoms with van der Waals surface area (Å²) in [6, 6.07) is -2.06. The quantitative estimate of drug-likeness (QED) is 0.0604. The third-order valence-corrected chi connectivity index (χ3v) is 28.2. The molecule has 704 valence electrons. The monoisotopic (exact) mass is 1760 g/mol. The molecule has 2 saturated carbocycles. The Bertz CT molecular complexity index is 3820. The van der Waals surface area contributed by atoms with Crippen molar-refractivity contribution in [2.75, 3.05) is 34.4 Å². The Kier molecular flexibility index (Phi) is 42.4. The van der Waals surface area contributed by atoms with Crippen LogP contribution in [-0.2, 0) is 76.3 Å². The van der Waals surface area contributed by atoms with Crippen LogP contribution in [0.15, 0.2) is 95.2 Å². The predicted octanol–water partition coefficient (Wildman–Crippen LogP) is 12.2. The van der Waals surface area contributed by atoms with E-state index in [4.69, 9.17) is 33.2 Å². The van der Waals surface area contributed by atoms with Crippen molar-refractivity contribution in [3.05, 3.63) is 95.2 Å². The minimum atomic E-state index is -2.43. The van der Waals surface area contributed by atoms with Crippen molar-refractivity contribution in [2.24, 2.45) is 71.0 Å². The molecule has 2 aliphatic carbocycles. The molecule has 125 heavy (non-hydrogen) atoms. The van der Waals surface area contributed by atoms with Crippen molar-refractivity contribution >= 4 is 52.7 Å². The van der Waals surface area contributed by atoms with Gasteiger partial charge in [0.25, 0.3) is 11.7 Å². The molecule has 6 aliphatic heterocycles. The van der Waals surface area contributed by atoms with Gasteiger partial charge >= 0.3 is 11.9 Å². The second kappa shape index (κ2) is 50.1. The lowest BCUT2D eigenvalue weighted by molar-refractivity contribution is -0.283. The van der Waals surface area contributed by atoms with Gasteiger partial charge in [0.15, 0.2) is 11.6 Å². The Morgan fingerprint density at radius 3 is 1.54 bits per heavy atom. The third-order valence-electron chi connectivity index (χ3n) is 28.2. The molecule has 0 aromatic heterocycles. The Morgan fingerprint density at radius 2 is 0.984 bits per heavy atom. The Labute approximate surface area is 743 Å². The highest BCUT2D eigenvalue weighted by Gasteiger charge is 2.54. The number of carbonyl (C=O) groups is 9. The number of allylic oxidation sites excluding steroid dienone is 12. The van der Waals surface area contributed by atoms with E-state index < -0.39 is 150 Å². The van der Waals surface area contributed by atoms with Crippen LogP contribution in [0.5, 0.6) is 0 Å². The highest BCUT2D eigenvalue weighted by atomic mass is 16.6. The molecule has 29 atom stereocenters. The van der Waals surface area contributed by atoms with Crippen molar-refractivity contribution in [1.29, 1.82) is 0 Å². The molecule has 0 spiro atoms. The largest absolute Gasteiger partial charge is 0.460 e. The van der Waals surface area contributed by atoms with Crippen LogP contribution in [0.25, 0.3) is 0 Å². The molecular weight excluding hydrogens is 1600 g/mol. The van der Waals surface area contributed by atoms with Crippen LogP contribution in [0.2, 0.25) is 0 Å². The standard InChI is InChI=1S/C51H79NO13.C48H75NO11/c1-30-16-12-11-13-17-31(2)42(61-8)28-38-21-19-36(7)51(60,65-38)48(57)49(58)52-23-15-14-18-39(52)50(59)64-43(33(4)26-37-20-22-40(53)44(27-37)62-9)29-41(54)32(3)25-35(6)46(56)47(63-10)45(55)34(5)24-30;1-29-13-9-8-10-14-30(2)40(51)25-37-18-16-35(7)48(58,60-37)28-46(56)49-20-12-11-15-38(49)47(57)59-45(34(6)23-36-17-19-39(50)44(55)24-36)27-43(54)33(5)22-32(4)42(53)26-41(52)31(3)21-29/h11-13,16-17,25,30,32-34,36-40,42-44,46-47,53,56,60H,14-15,18-24,26-29H2,1-10H3;8-10,13-14,22,29,31,33-40,42,44-45,50-51,53,55,58H,11-12,15-21,23-28H2,1-7H3/b13-11?,16-12+,31-17?,35-25+;10-8+,13-9+,30-14+,32-22+/t30-,32-,33-,34-,36-,37?,38?,39+,40-,42+,43+,44-,46-,47+,51-;29-,31-,33-,34-,35-,36?,37?,38+,39-,40+,42+,44-,45+,48+/m11/s1. The summed E-state index contributed by atoms with van der Waals surface area (Å²) in [6.45, 7) is 25.9. The Hall–Kier alpha value is -6.37. The molecule has 6 fully saturated rings. The van der Waals surface area contributed by atoms with Gasteiger partial charge in [-0.3, -0.25) is 33.6 Å². The maximum Gasteiger partial charge on any atom is 0.329 e. The average Bonchev–Trinajstić information content (AvgIpc) is 0.774. The number of ketones is 5. The molecule has 8 aliphatic rings. The molecule has 0 aromatic rings. The number of hydrogen-bond donors (Lipinski definition) is 8. The highest BCUT2D eigenvalue weighted by molar-refractivity contribution is 6.39. The second-order valence-electron chi connectivity index (χ2n) is 38.5. The van der Waals surface area contributed by atoms with Gasteiger partial charge in [-0.1, -0.05) is 142 Å². The topological polar surface area (TPSA) is 387 Å². The number of amides is 2. The summed E-state index contributed by atoms with van der Waals surface area (Å²) in [4.78, 5) is 129. The van der Waals surface area contributed by atoms with Gasteiger partial charge < -0.3 is 83.8 Å². The van der Waals surface area contributed by atoms with Gasteiger partial charge in [0.05, 0.1) is 61.4 Å². The number of aliphatic hydroxyl groups excluding tert-OH is 6. The van der Waals surface area contributed by atoms with E-state index in [9.17, 15) is 84.0 Å². The molecule has 6 heterocycles. The zero-order chi connectivity index (χ0) is 92.5. The number of ether oxygens (including phenoxy) is 7. The molecule has 0 aromatic carbocycles. The van der Waals surface area contributed by atoms with Gasteiger partial charge in [-0.05, 0) is 214 Å². The van der Waals surface area contributed by atoms with Gasteiger partial charge in [-0.25, -0.2) is 9.59 Å². The van der Waals surface area contributed by atoms with Crippen molar-refractivity contribution in [2.45, 2.75) is 367 Å². The molecular formula is C99H154N2O24. The van der Waals surface area contributed by atoms with E-state index in [1.165, 1.54) is 16.9 Å². The number of fused-ring (bicyclic) bond motifs is 6. The first-order chi connectivity index (χ1) is 59.0. The number of Topliss-reactive ketones (excluding diaryl/α,β-unsaturated/α-hetero) is 5. The lowest BCUT2D eigenvalue weighted by atomic mass is 9.78. The van der Waals surface area contributed by atoms with E-state index in [1.54, 1.807) is 61.0 Å². The fraction of sp³-hybridized carbons (Fsp3) is 0.747. The zero-order valence-corrected chi connectivity index (χ0v) is 77.8. The fourth-order valence-corrected chi connectivity index (χ4v) is 19.5. The Morgan fingerprint density at radius 1 is 0.472 bits per heavy atom. The lowest BCUT2D eigenvalue weighted by Crippen LogP contribution is -2.61. The van der Waals surface area contributed by atoms with Crippen molar-refractivity contribution in [3.8, 4) is 0 Å². The highest BCUT2D eigenvalue weighted by Crippen LogP contribution is 2.42. The SMILES string of the molecule is C/C1=C\[C@@H](C)C(=O)C[C@@H]([C@H](C)CC2CC[C@@H](O)[C@H](O)C2)OC(=O)[C@@H]2CCCCN2C(=O)C[C@]2(O)OC(CC[C@H]2C)C[C@H](O)/C(C)=C/C=C/C=C/[C@@H](C)C[C@@H](C)C(=O)C[C@@H]1O.CO[C@H]1CC2CC[C@@H](C)[C@@](O)(O2)C(=O)C(=O)N2CCCC[C@H]2C(=O)O[C@H]([C@H](C)CC2CC[C@@H](O)[C@H](OC)C2)CC(=O)[C@H](C)/C=C(\C)[C@@H](O)[C@@H](OC)C(=O)[C@H](C)C[C@H](C)/C=C/C=CC=C1C. The molecule has 4 saturated heterocycles.